The van der Waals surface area contributed by atoms with Gasteiger partial charge in [-0.3, -0.25) is 0 Å². The van der Waals surface area contributed by atoms with E-state index < -0.39 is 0 Å². The van der Waals surface area contributed by atoms with E-state index in [0.29, 0.717) is 12.0 Å². The fourth-order valence-corrected chi connectivity index (χ4v) is 1.57. The molecule has 0 bridgehead atoms. The summed E-state index contributed by atoms with van der Waals surface area (Å²) in [6.07, 6.45) is 1.15. The fourth-order valence-electron chi connectivity index (χ4n) is 1.31. The van der Waals surface area contributed by atoms with Gasteiger partial charge in [-0.25, -0.2) is 0 Å². The molecule has 0 saturated heterocycles. The van der Waals surface area contributed by atoms with Gasteiger partial charge in [0.2, 0.25) is 0 Å². The first-order valence-corrected chi connectivity index (χ1v) is 4.58. The summed E-state index contributed by atoms with van der Waals surface area (Å²) in [6.45, 7) is 0. The summed E-state index contributed by atoms with van der Waals surface area (Å²) in [5, 5.41) is 0. The van der Waals surface area contributed by atoms with Crippen LogP contribution in [0.25, 0.3) is 0 Å². The van der Waals surface area contributed by atoms with Gasteiger partial charge in [0.1, 0.15) is 0 Å². The van der Waals surface area contributed by atoms with Crippen LogP contribution in [0, 0.1) is 0 Å². The van der Waals surface area contributed by atoms with E-state index in [1.54, 1.807) is 0 Å². The third kappa shape index (κ3) is 1.47. The third-order valence-corrected chi connectivity index (χ3v) is 2.67. The summed E-state index contributed by atoms with van der Waals surface area (Å²) in [4.78, 5) is 0. The van der Waals surface area contributed by atoms with Gasteiger partial charge in [0.15, 0.2) is 0 Å². The van der Waals surface area contributed by atoms with Crippen molar-refractivity contribution in [2.24, 2.45) is 5.73 Å². The number of halogens is 1. The van der Waals surface area contributed by atoms with Crippen LogP contribution in [-0.2, 0) is 0 Å². The van der Waals surface area contributed by atoms with Gasteiger partial charge in [-0.05, 0) is 24.1 Å². The molecular weight excluding hydrogens is 202 g/mol. The molecule has 0 spiro atoms. The molecule has 0 amide bonds. The van der Waals surface area contributed by atoms with Crippen molar-refractivity contribution in [3.8, 4) is 0 Å². The van der Waals surface area contributed by atoms with Gasteiger partial charge in [-0.2, -0.15) is 0 Å². The molecule has 1 aromatic carbocycles. The maximum atomic E-state index is 5.72. The van der Waals surface area contributed by atoms with Crippen LogP contribution in [0.2, 0.25) is 0 Å². The molecule has 1 nitrogen and oxygen atoms in total. The Kier molecular flexibility index (Phi) is 1.74. The van der Waals surface area contributed by atoms with Crippen LogP contribution >= 0.6 is 15.9 Å². The van der Waals surface area contributed by atoms with Crippen molar-refractivity contribution in [2.75, 3.05) is 0 Å². The molecule has 1 fully saturated rings. The Bertz CT molecular complexity index is 255. The van der Waals surface area contributed by atoms with Crippen molar-refractivity contribution in [2.45, 2.75) is 18.4 Å². The molecule has 2 N–H and O–H groups in total. The number of hydrogen-bond donors (Lipinski definition) is 1. The minimum absolute atomic E-state index is 0.413. The maximum Gasteiger partial charge on any atom is 0.0175 e. The van der Waals surface area contributed by atoms with E-state index in [-0.39, 0.29) is 0 Å². The van der Waals surface area contributed by atoms with Crippen molar-refractivity contribution < 1.29 is 0 Å². The van der Waals surface area contributed by atoms with Crippen LogP contribution in [0.4, 0.5) is 0 Å². The lowest BCUT2D eigenvalue weighted by atomic mass is 10.1. The predicted octanol–water partition coefficient (Wildman–Crippen LogP) is 2.26. The molecule has 1 unspecified atom stereocenters. The summed E-state index contributed by atoms with van der Waals surface area (Å²) >= 11 is 3.40. The smallest absolute Gasteiger partial charge is 0.0175 e. The third-order valence-electron chi connectivity index (χ3n) is 2.14. The average molecular weight is 212 g/mol. The summed E-state index contributed by atoms with van der Waals surface area (Å²) < 4.78 is 1.13. The molecule has 1 aliphatic carbocycles. The monoisotopic (exact) mass is 211 g/mol. The highest BCUT2D eigenvalue weighted by Crippen LogP contribution is 2.38. The first kappa shape index (κ1) is 7.32. The van der Waals surface area contributed by atoms with E-state index in [2.05, 4.69) is 40.2 Å². The number of rotatable bonds is 1. The molecule has 0 radical (unpaired) electrons. The standard InChI is InChI=1S/C9H10BrN/c10-7-3-1-6(2-4-7)8-5-9(8)11/h1-4,8-9H,5,11H2/t8?,9-/m0/s1. The van der Waals surface area contributed by atoms with Crippen LogP contribution in [-0.4, -0.2) is 6.04 Å². The highest BCUT2D eigenvalue weighted by atomic mass is 79.9. The molecule has 0 aliphatic heterocycles. The van der Waals surface area contributed by atoms with Gasteiger partial charge in [0, 0.05) is 16.4 Å². The summed E-state index contributed by atoms with van der Waals surface area (Å²) in [5.74, 6) is 0.628. The molecule has 0 heterocycles. The number of hydrogen-bond acceptors (Lipinski definition) is 1. The van der Waals surface area contributed by atoms with Crippen molar-refractivity contribution in [1.82, 2.24) is 0 Å². The van der Waals surface area contributed by atoms with E-state index in [1.807, 2.05) is 0 Å². The van der Waals surface area contributed by atoms with Crippen molar-refractivity contribution >= 4 is 15.9 Å². The van der Waals surface area contributed by atoms with Crippen molar-refractivity contribution in [3.63, 3.8) is 0 Å². The molecule has 1 aromatic rings. The Morgan fingerprint density at radius 1 is 1.27 bits per heavy atom. The number of benzene rings is 1. The molecular formula is C9H10BrN. The quantitative estimate of drug-likeness (QED) is 0.759. The Morgan fingerprint density at radius 3 is 2.27 bits per heavy atom. The highest BCUT2D eigenvalue weighted by molar-refractivity contribution is 9.10. The van der Waals surface area contributed by atoms with Crippen molar-refractivity contribution in [3.05, 3.63) is 34.3 Å². The molecule has 2 heteroatoms. The Morgan fingerprint density at radius 2 is 1.82 bits per heavy atom. The average Bonchev–Trinajstić information content (AvgIpc) is 2.69. The second-order valence-corrected chi connectivity index (χ2v) is 3.97. The van der Waals surface area contributed by atoms with Crippen LogP contribution in [0.5, 0.6) is 0 Å². The lowest BCUT2D eigenvalue weighted by molar-refractivity contribution is 0.990. The zero-order chi connectivity index (χ0) is 7.84. The minimum Gasteiger partial charge on any atom is -0.327 e. The molecule has 11 heavy (non-hydrogen) atoms. The zero-order valence-electron chi connectivity index (χ0n) is 6.13. The first-order chi connectivity index (χ1) is 5.27. The second-order valence-electron chi connectivity index (χ2n) is 3.06. The molecule has 1 aliphatic rings. The largest absolute Gasteiger partial charge is 0.327 e. The topological polar surface area (TPSA) is 26.0 Å². The molecule has 2 atom stereocenters. The zero-order valence-corrected chi connectivity index (χ0v) is 7.71. The van der Waals surface area contributed by atoms with E-state index in [4.69, 9.17) is 5.73 Å². The Hall–Kier alpha value is -0.340. The van der Waals surface area contributed by atoms with Gasteiger partial charge in [0.25, 0.3) is 0 Å². The van der Waals surface area contributed by atoms with E-state index in [9.17, 15) is 0 Å². The molecule has 1 saturated carbocycles. The molecule has 58 valence electrons. The van der Waals surface area contributed by atoms with Gasteiger partial charge in [0.05, 0.1) is 0 Å². The highest BCUT2D eigenvalue weighted by Gasteiger charge is 2.34. The van der Waals surface area contributed by atoms with Crippen LogP contribution in [0.1, 0.15) is 17.9 Å². The molecule has 2 rings (SSSR count). The van der Waals surface area contributed by atoms with Crippen LogP contribution in [0.3, 0.4) is 0 Å². The van der Waals surface area contributed by atoms with Gasteiger partial charge < -0.3 is 5.73 Å². The Labute approximate surface area is 74.7 Å². The minimum atomic E-state index is 0.413. The van der Waals surface area contributed by atoms with E-state index in [0.717, 1.165) is 10.9 Å². The van der Waals surface area contributed by atoms with Crippen LogP contribution in [0.15, 0.2) is 28.7 Å². The van der Waals surface area contributed by atoms with Gasteiger partial charge >= 0.3 is 0 Å². The normalized spacial score (nSPS) is 28.5. The SMILES string of the molecule is N[C@H]1CC1c1ccc(Br)cc1. The lowest BCUT2D eigenvalue weighted by Crippen LogP contribution is -2.00. The van der Waals surface area contributed by atoms with Crippen LogP contribution < -0.4 is 5.73 Å². The first-order valence-electron chi connectivity index (χ1n) is 3.78. The lowest BCUT2D eigenvalue weighted by Gasteiger charge is -1.96. The van der Waals surface area contributed by atoms with E-state index >= 15 is 0 Å². The summed E-state index contributed by atoms with van der Waals surface area (Å²) in [6, 6.07) is 8.83. The van der Waals surface area contributed by atoms with E-state index in [1.165, 1.54) is 5.56 Å². The van der Waals surface area contributed by atoms with Gasteiger partial charge in [-0.1, -0.05) is 28.1 Å². The second kappa shape index (κ2) is 2.61. The Balaban J connectivity index is 2.21. The molecule has 0 aromatic heterocycles. The maximum absolute atomic E-state index is 5.72. The fraction of sp³-hybridized carbons (Fsp3) is 0.333. The summed E-state index contributed by atoms with van der Waals surface area (Å²) in [7, 11) is 0. The van der Waals surface area contributed by atoms with Crippen molar-refractivity contribution in [1.29, 1.82) is 0 Å². The number of nitrogens with two attached hydrogens (primary N) is 1. The summed E-state index contributed by atoms with van der Waals surface area (Å²) in [5.41, 5.74) is 7.10. The predicted molar refractivity (Wildman–Crippen MR) is 49.5 cm³/mol. The van der Waals surface area contributed by atoms with Gasteiger partial charge in [-0.15, -0.1) is 0 Å².